The monoisotopic (exact) mass is 380 g/mol. The van der Waals surface area contributed by atoms with Gasteiger partial charge in [-0.1, -0.05) is 48.5 Å². The van der Waals surface area contributed by atoms with Crippen LogP contribution in [0.15, 0.2) is 72.1 Å². The number of nitrogens with zero attached hydrogens (tertiary/aromatic N) is 1. The number of thiophene rings is 1. The van der Waals surface area contributed by atoms with Gasteiger partial charge in [0.15, 0.2) is 5.11 Å². The van der Waals surface area contributed by atoms with Crippen molar-refractivity contribution in [2.45, 2.75) is 32.9 Å². The van der Waals surface area contributed by atoms with Gasteiger partial charge in [0.1, 0.15) is 0 Å². The van der Waals surface area contributed by atoms with Gasteiger partial charge in [-0.2, -0.15) is 0 Å². The topological polar surface area (TPSA) is 15.3 Å². The molecule has 4 heteroatoms. The summed E-state index contributed by atoms with van der Waals surface area (Å²) in [7, 11) is 0. The van der Waals surface area contributed by atoms with Crippen LogP contribution < -0.4 is 5.32 Å². The van der Waals surface area contributed by atoms with Crippen LogP contribution in [0.25, 0.3) is 0 Å². The van der Waals surface area contributed by atoms with Gasteiger partial charge in [-0.25, -0.2) is 0 Å². The molecule has 0 aliphatic rings. The number of thiocarbonyl (C=S) groups is 1. The largest absolute Gasteiger partial charge is 0.342 e. The van der Waals surface area contributed by atoms with Crippen molar-refractivity contribution < 1.29 is 0 Å². The van der Waals surface area contributed by atoms with Crippen molar-refractivity contribution in [2.75, 3.05) is 5.32 Å². The highest BCUT2D eigenvalue weighted by Gasteiger charge is 2.18. The molecule has 3 rings (SSSR count). The zero-order valence-corrected chi connectivity index (χ0v) is 16.8. The molecule has 0 saturated carbocycles. The Hall–Kier alpha value is -2.17. The summed E-state index contributed by atoms with van der Waals surface area (Å²) < 4.78 is 0. The zero-order chi connectivity index (χ0) is 18.4. The molecule has 0 aliphatic carbocycles. The fourth-order valence-electron chi connectivity index (χ4n) is 2.96. The highest BCUT2D eigenvalue weighted by Crippen LogP contribution is 2.19. The zero-order valence-electron chi connectivity index (χ0n) is 15.2. The smallest absolute Gasteiger partial charge is 0.173 e. The van der Waals surface area contributed by atoms with E-state index in [2.05, 4.69) is 90.1 Å². The molecule has 0 spiro atoms. The maximum Gasteiger partial charge on any atom is 0.173 e. The van der Waals surface area contributed by atoms with Gasteiger partial charge in [0.2, 0.25) is 0 Å². The molecule has 1 N–H and O–H groups in total. The van der Waals surface area contributed by atoms with Gasteiger partial charge in [-0.3, -0.25) is 0 Å². The van der Waals surface area contributed by atoms with Gasteiger partial charge >= 0.3 is 0 Å². The number of anilines is 1. The van der Waals surface area contributed by atoms with E-state index in [1.807, 2.05) is 6.07 Å². The Bertz CT molecular complexity index is 828. The Morgan fingerprint density at radius 3 is 2.58 bits per heavy atom. The van der Waals surface area contributed by atoms with Crippen LogP contribution in [-0.2, 0) is 13.0 Å². The molecule has 1 heterocycles. The molecule has 0 bridgehead atoms. The minimum absolute atomic E-state index is 0.304. The minimum Gasteiger partial charge on any atom is -0.342 e. The van der Waals surface area contributed by atoms with E-state index < -0.39 is 0 Å². The summed E-state index contributed by atoms with van der Waals surface area (Å²) in [6.45, 7) is 5.13. The molecule has 2 nitrogen and oxygen atoms in total. The molecule has 26 heavy (non-hydrogen) atoms. The van der Waals surface area contributed by atoms with Crippen molar-refractivity contribution in [3.8, 4) is 0 Å². The second kappa shape index (κ2) is 8.97. The lowest BCUT2D eigenvalue weighted by molar-refractivity contribution is 0.326. The van der Waals surface area contributed by atoms with Crippen LogP contribution in [0.3, 0.4) is 0 Å². The molecule has 1 aromatic heterocycles. The standard InChI is InChI=1S/C22H24N2S2/c1-17-8-6-11-20(14-17)23-22(25)24(16-19-9-4-3-5-10-19)18(2)15-21-12-7-13-26-21/h3-14,18H,15-16H2,1-2H3,(H,23,25)/t18-/m0/s1. The van der Waals surface area contributed by atoms with Gasteiger partial charge in [0.25, 0.3) is 0 Å². The maximum absolute atomic E-state index is 5.79. The molecule has 0 saturated heterocycles. The van der Waals surface area contributed by atoms with Gasteiger partial charge in [0, 0.05) is 29.6 Å². The molecule has 0 aliphatic heterocycles. The van der Waals surface area contributed by atoms with Crippen LogP contribution in [-0.4, -0.2) is 16.1 Å². The fourth-order valence-corrected chi connectivity index (χ4v) is 4.14. The number of nitrogens with one attached hydrogen (secondary N) is 1. The van der Waals surface area contributed by atoms with E-state index in [-0.39, 0.29) is 0 Å². The highest BCUT2D eigenvalue weighted by molar-refractivity contribution is 7.80. The van der Waals surface area contributed by atoms with Crippen molar-refractivity contribution in [2.24, 2.45) is 0 Å². The van der Waals surface area contributed by atoms with E-state index in [0.29, 0.717) is 6.04 Å². The van der Waals surface area contributed by atoms with Crippen molar-refractivity contribution in [1.82, 2.24) is 4.90 Å². The molecule has 134 valence electrons. The number of aryl methyl sites for hydroxylation is 1. The van der Waals surface area contributed by atoms with Crippen molar-refractivity contribution in [3.63, 3.8) is 0 Å². The molecule has 2 aromatic carbocycles. The average molecular weight is 381 g/mol. The summed E-state index contributed by atoms with van der Waals surface area (Å²) in [5, 5.41) is 6.32. The number of hydrogen-bond acceptors (Lipinski definition) is 2. The number of benzene rings is 2. The second-order valence-corrected chi connectivity index (χ2v) is 7.96. The molecule has 1 atom stereocenters. The molecular formula is C22H24N2S2. The minimum atomic E-state index is 0.304. The fraction of sp³-hybridized carbons (Fsp3) is 0.227. The SMILES string of the molecule is Cc1cccc(NC(=S)N(Cc2ccccc2)[C@@H](C)Cc2cccs2)c1. The molecule has 0 amide bonds. The van der Waals surface area contributed by atoms with Crippen molar-refractivity contribution in [3.05, 3.63) is 88.1 Å². The third-order valence-electron chi connectivity index (χ3n) is 4.33. The lowest BCUT2D eigenvalue weighted by Gasteiger charge is -2.32. The van der Waals surface area contributed by atoms with Crippen molar-refractivity contribution in [1.29, 1.82) is 0 Å². The second-order valence-electron chi connectivity index (χ2n) is 6.55. The lowest BCUT2D eigenvalue weighted by Crippen LogP contribution is -2.41. The van der Waals surface area contributed by atoms with Crippen LogP contribution in [0.2, 0.25) is 0 Å². The van der Waals surface area contributed by atoms with Gasteiger partial charge in [-0.15, -0.1) is 11.3 Å². The normalized spacial score (nSPS) is 11.8. The first-order valence-corrected chi connectivity index (χ1v) is 10.1. The van der Waals surface area contributed by atoms with Crippen LogP contribution in [0.4, 0.5) is 5.69 Å². The van der Waals surface area contributed by atoms with Crippen LogP contribution in [0, 0.1) is 6.92 Å². The van der Waals surface area contributed by atoms with E-state index in [4.69, 9.17) is 12.2 Å². The summed E-state index contributed by atoms with van der Waals surface area (Å²) >= 11 is 7.59. The number of hydrogen-bond donors (Lipinski definition) is 1. The van der Waals surface area contributed by atoms with Crippen LogP contribution in [0.1, 0.15) is 22.9 Å². The first-order valence-electron chi connectivity index (χ1n) is 8.82. The first kappa shape index (κ1) is 18.6. The Balaban J connectivity index is 1.77. The average Bonchev–Trinajstić information content (AvgIpc) is 3.13. The molecule has 0 fully saturated rings. The van der Waals surface area contributed by atoms with E-state index in [1.165, 1.54) is 16.0 Å². The third kappa shape index (κ3) is 5.16. The lowest BCUT2D eigenvalue weighted by atomic mass is 10.1. The van der Waals surface area contributed by atoms with Crippen LogP contribution in [0.5, 0.6) is 0 Å². The van der Waals surface area contributed by atoms with Crippen molar-refractivity contribution >= 4 is 34.4 Å². The Morgan fingerprint density at radius 1 is 1.08 bits per heavy atom. The van der Waals surface area contributed by atoms with Crippen LogP contribution >= 0.6 is 23.6 Å². The Labute approximate surface area is 165 Å². The Kier molecular flexibility index (Phi) is 6.42. The molecule has 0 radical (unpaired) electrons. The molecule has 3 aromatic rings. The predicted molar refractivity (Wildman–Crippen MR) is 117 cm³/mol. The van der Waals surface area contributed by atoms with E-state index in [1.54, 1.807) is 11.3 Å². The predicted octanol–water partition coefficient (Wildman–Crippen LogP) is 5.89. The van der Waals surface area contributed by atoms with E-state index >= 15 is 0 Å². The number of rotatable bonds is 6. The summed E-state index contributed by atoms with van der Waals surface area (Å²) in [4.78, 5) is 3.67. The molecular weight excluding hydrogens is 356 g/mol. The van der Waals surface area contributed by atoms with Gasteiger partial charge in [0.05, 0.1) is 0 Å². The quantitative estimate of drug-likeness (QED) is 0.537. The summed E-state index contributed by atoms with van der Waals surface area (Å²) in [6.07, 6.45) is 0.986. The first-order chi connectivity index (χ1) is 12.6. The van der Waals surface area contributed by atoms with Gasteiger partial charge in [-0.05, 0) is 60.8 Å². The van der Waals surface area contributed by atoms with Gasteiger partial charge < -0.3 is 10.2 Å². The summed E-state index contributed by atoms with van der Waals surface area (Å²) in [5.74, 6) is 0. The highest BCUT2D eigenvalue weighted by atomic mass is 32.1. The van der Waals surface area contributed by atoms with E-state index in [0.717, 1.165) is 23.8 Å². The summed E-state index contributed by atoms with van der Waals surface area (Å²) in [5.41, 5.74) is 3.52. The third-order valence-corrected chi connectivity index (χ3v) is 5.57. The summed E-state index contributed by atoms with van der Waals surface area (Å²) in [6, 6.07) is 23.4. The maximum atomic E-state index is 5.79. The Morgan fingerprint density at radius 2 is 1.88 bits per heavy atom. The molecule has 0 unspecified atom stereocenters. The van der Waals surface area contributed by atoms with E-state index in [9.17, 15) is 0 Å².